The molecule has 41 valence electrons. The summed E-state index contributed by atoms with van der Waals surface area (Å²) in [4.78, 5) is 3.90. The van der Waals surface area contributed by atoms with Gasteiger partial charge in [0.15, 0.2) is 0 Å². The van der Waals surface area contributed by atoms with Crippen molar-refractivity contribution in [3.05, 3.63) is 30.1 Å². The largest absolute Gasteiger partial charge is 0.250 e. The van der Waals surface area contributed by atoms with Crippen molar-refractivity contribution in [2.75, 3.05) is 0 Å². The third kappa shape index (κ3) is 1.23. The quantitative estimate of drug-likeness (QED) is 0.557. The van der Waals surface area contributed by atoms with Gasteiger partial charge in [-0.2, -0.15) is 12.6 Å². The third-order valence-electron chi connectivity index (χ3n) is 0.830. The maximum atomic E-state index is 4.03. The third-order valence-corrected chi connectivity index (χ3v) is 1.15. The monoisotopic (exact) mass is 124 g/mol. The number of hydrogen-bond acceptors (Lipinski definition) is 2. The van der Waals surface area contributed by atoms with Crippen LogP contribution in [0.5, 0.6) is 0 Å². The van der Waals surface area contributed by atoms with E-state index in [0.29, 0.717) is 5.75 Å². The molecule has 0 unspecified atom stereocenters. The molecule has 0 saturated heterocycles. The van der Waals surface area contributed by atoms with Crippen LogP contribution in [0.4, 0.5) is 0 Å². The molecule has 0 N–H and O–H groups in total. The zero-order valence-corrected chi connectivity index (χ0v) is 5.23. The molecule has 0 saturated carbocycles. The Hall–Kier alpha value is -0.500. The molecule has 0 aliphatic heterocycles. The molecule has 1 heterocycles. The Morgan fingerprint density at radius 3 is 3.00 bits per heavy atom. The number of thiol groups is 1. The van der Waals surface area contributed by atoms with E-state index < -0.39 is 0 Å². The lowest BCUT2D eigenvalue weighted by molar-refractivity contribution is 1.17. The minimum Gasteiger partial charge on any atom is -0.250 e. The Morgan fingerprint density at radius 2 is 2.62 bits per heavy atom. The van der Waals surface area contributed by atoms with Crippen molar-refractivity contribution >= 4 is 12.6 Å². The normalized spacial score (nSPS) is 9.12. The average Bonchev–Trinajstić information content (AvgIpc) is 1.90. The van der Waals surface area contributed by atoms with Gasteiger partial charge in [-0.15, -0.1) is 0 Å². The van der Waals surface area contributed by atoms with Gasteiger partial charge in [-0.25, -0.2) is 0 Å². The van der Waals surface area contributed by atoms with Gasteiger partial charge in [0, 0.05) is 5.75 Å². The number of hydrogen-bond donors (Lipinski definition) is 1. The second kappa shape index (κ2) is 2.72. The summed E-state index contributed by atoms with van der Waals surface area (Å²) in [5.74, 6) is 0.692. The average molecular weight is 124 g/mol. The number of rotatable bonds is 1. The highest BCUT2D eigenvalue weighted by Gasteiger charge is 1.82. The maximum absolute atomic E-state index is 4.03. The molecule has 1 rings (SSSR count). The molecule has 1 aromatic rings. The SMILES string of the molecule is SCc1ccc[c]n1. The van der Waals surface area contributed by atoms with E-state index in [2.05, 4.69) is 23.8 Å². The highest BCUT2D eigenvalue weighted by atomic mass is 32.1. The molecule has 0 aromatic carbocycles. The maximum Gasteiger partial charge on any atom is 0.0889 e. The van der Waals surface area contributed by atoms with Crippen LogP contribution in [0.25, 0.3) is 0 Å². The van der Waals surface area contributed by atoms with Crippen LogP contribution in [0, 0.1) is 6.20 Å². The molecule has 0 bridgehead atoms. The van der Waals surface area contributed by atoms with Gasteiger partial charge in [0.2, 0.25) is 0 Å². The molecular formula is C6H6NS. The topological polar surface area (TPSA) is 12.9 Å². The van der Waals surface area contributed by atoms with Gasteiger partial charge < -0.3 is 0 Å². The second-order valence-corrected chi connectivity index (χ2v) is 1.73. The lowest BCUT2D eigenvalue weighted by atomic mass is 10.4. The van der Waals surface area contributed by atoms with E-state index in [9.17, 15) is 0 Å². The molecule has 8 heavy (non-hydrogen) atoms. The van der Waals surface area contributed by atoms with E-state index in [1.165, 1.54) is 0 Å². The fourth-order valence-electron chi connectivity index (χ4n) is 0.448. The van der Waals surface area contributed by atoms with Crippen LogP contribution >= 0.6 is 12.6 Å². The van der Waals surface area contributed by atoms with Crippen molar-refractivity contribution < 1.29 is 0 Å². The Labute approximate surface area is 54.2 Å². The predicted molar refractivity (Wildman–Crippen MR) is 35.8 cm³/mol. The zero-order valence-electron chi connectivity index (χ0n) is 4.33. The first-order valence-corrected chi connectivity index (χ1v) is 2.99. The van der Waals surface area contributed by atoms with Crippen LogP contribution in [0.15, 0.2) is 18.2 Å². The Balaban J connectivity index is 2.83. The van der Waals surface area contributed by atoms with Gasteiger partial charge in [0.05, 0.1) is 11.9 Å². The van der Waals surface area contributed by atoms with Crippen LogP contribution in [0.1, 0.15) is 5.69 Å². The summed E-state index contributed by atoms with van der Waals surface area (Å²) in [7, 11) is 0. The molecule has 0 atom stereocenters. The highest BCUT2D eigenvalue weighted by molar-refractivity contribution is 7.79. The number of aromatic nitrogens is 1. The standard InChI is InChI=1S/C6H6NS/c8-5-6-3-1-2-4-7-6/h1-3,8H,5H2. The first kappa shape index (κ1) is 5.63. The molecule has 1 aromatic heterocycles. The molecule has 0 spiro atoms. The van der Waals surface area contributed by atoms with Crippen LogP contribution in [-0.4, -0.2) is 4.98 Å². The highest BCUT2D eigenvalue weighted by Crippen LogP contribution is 1.94. The summed E-state index contributed by atoms with van der Waals surface area (Å²) < 4.78 is 0. The van der Waals surface area contributed by atoms with Gasteiger partial charge >= 0.3 is 0 Å². The van der Waals surface area contributed by atoms with E-state index in [1.54, 1.807) is 6.07 Å². The van der Waals surface area contributed by atoms with Crippen molar-refractivity contribution in [3.63, 3.8) is 0 Å². The molecule has 0 amide bonds. The number of pyridine rings is 1. The summed E-state index contributed by atoms with van der Waals surface area (Å²) in [6, 6.07) is 5.59. The van der Waals surface area contributed by atoms with Crippen LogP contribution < -0.4 is 0 Å². The van der Waals surface area contributed by atoms with E-state index >= 15 is 0 Å². The molecule has 0 fully saturated rings. The van der Waals surface area contributed by atoms with Gasteiger partial charge in [-0.1, -0.05) is 6.07 Å². The lowest BCUT2D eigenvalue weighted by Gasteiger charge is -1.87. The smallest absolute Gasteiger partial charge is 0.0889 e. The minimum absolute atomic E-state index is 0.692. The Morgan fingerprint density at radius 1 is 1.75 bits per heavy atom. The van der Waals surface area contributed by atoms with Crippen molar-refractivity contribution in [2.45, 2.75) is 5.75 Å². The molecule has 0 aliphatic carbocycles. The molecular weight excluding hydrogens is 118 g/mol. The van der Waals surface area contributed by atoms with Crippen LogP contribution in [-0.2, 0) is 5.75 Å². The second-order valence-electron chi connectivity index (χ2n) is 1.42. The van der Waals surface area contributed by atoms with Crippen molar-refractivity contribution in [1.82, 2.24) is 4.98 Å². The predicted octanol–water partition coefficient (Wildman–Crippen LogP) is 1.31. The van der Waals surface area contributed by atoms with Gasteiger partial charge in [-0.3, -0.25) is 4.98 Å². The molecule has 0 aliphatic rings. The van der Waals surface area contributed by atoms with Crippen molar-refractivity contribution in [3.8, 4) is 0 Å². The van der Waals surface area contributed by atoms with E-state index in [0.717, 1.165) is 5.69 Å². The van der Waals surface area contributed by atoms with E-state index in [4.69, 9.17) is 0 Å². The van der Waals surface area contributed by atoms with Gasteiger partial charge in [0.1, 0.15) is 0 Å². The number of nitrogens with zero attached hydrogens (tertiary/aromatic N) is 1. The summed E-state index contributed by atoms with van der Waals surface area (Å²) in [5.41, 5.74) is 0.968. The fraction of sp³-hybridized carbons (Fsp3) is 0.167. The Kier molecular flexibility index (Phi) is 1.92. The van der Waals surface area contributed by atoms with Crippen LogP contribution in [0.3, 0.4) is 0 Å². The van der Waals surface area contributed by atoms with E-state index in [-0.39, 0.29) is 0 Å². The summed E-state index contributed by atoms with van der Waals surface area (Å²) >= 11 is 4.03. The fourth-order valence-corrected chi connectivity index (χ4v) is 0.624. The van der Waals surface area contributed by atoms with Crippen molar-refractivity contribution in [1.29, 1.82) is 0 Å². The summed E-state index contributed by atoms with van der Waals surface area (Å²) in [6.45, 7) is 0. The molecule has 2 heteroatoms. The molecule has 1 nitrogen and oxygen atoms in total. The van der Waals surface area contributed by atoms with E-state index in [1.807, 2.05) is 12.1 Å². The first-order chi connectivity index (χ1) is 3.93. The minimum atomic E-state index is 0.692. The van der Waals surface area contributed by atoms with Gasteiger partial charge in [-0.05, 0) is 12.1 Å². The van der Waals surface area contributed by atoms with Gasteiger partial charge in [0.25, 0.3) is 0 Å². The first-order valence-electron chi connectivity index (χ1n) is 2.36. The lowest BCUT2D eigenvalue weighted by Crippen LogP contribution is -1.80. The summed E-state index contributed by atoms with van der Waals surface area (Å²) in [5, 5.41) is 0. The van der Waals surface area contributed by atoms with Crippen LogP contribution in [0.2, 0.25) is 0 Å². The van der Waals surface area contributed by atoms with Crippen molar-refractivity contribution in [2.24, 2.45) is 0 Å². The molecule has 1 radical (unpaired) electrons. The zero-order chi connectivity index (χ0) is 5.82. The summed E-state index contributed by atoms with van der Waals surface area (Å²) in [6.07, 6.45) is 2.71. The Bertz CT molecular complexity index is 150.